The van der Waals surface area contributed by atoms with Crippen LogP contribution in [0.15, 0.2) is 30.3 Å². The highest BCUT2D eigenvalue weighted by Gasteiger charge is 2.14. The minimum absolute atomic E-state index is 0.222. The smallest absolute Gasteiger partial charge is 0.255 e. The zero-order valence-electron chi connectivity index (χ0n) is 14.3. The van der Waals surface area contributed by atoms with Gasteiger partial charge in [0.05, 0.1) is 12.1 Å². The minimum Gasteiger partial charge on any atom is -0.493 e. The topological polar surface area (TPSA) is 73.6 Å². The molecule has 0 bridgehead atoms. The summed E-state index contributed by atoms with van der Waals surface area (Å²) in [7, 11) is 1.45. The number of nitrogens with two attached hydrogens (primary N) is 1. The van der Waals surface area contributed by atoms with E-state index in [4.69, 9.17) is 26.8 Å². The van der Waals surface area contributed by atoms with Crippen LogP contribution in [0.25, 0.3) is 0 Å². The van der Waals surface area contributed by atoms with Crippen molar-refractivity contribution in [2.45, 2.75) is 19.5 Å². The first-order valence-corrected chi connectivity index (χ1v) is 8.15. The van der Waals surface area contributed by atoms with Crippen molar-refractivity contribution in [1.29, 1.82) is 0 Å². The lowest BCUT2D eigenvalue weighted by Crippen LogP contribution is -2.20. The number of rotatable bonds is 8. The average Bonchev–Trinajstić information content (AvgIpc) is 2.60. The number of hydrogen-bond donors (Lipinski definition) is 2. The quantitative estimate of drug-likeness (QED) is 0.732. The third-order valence-electron chi connectivity index (χ3n) is 3.70. The highest BCUT2D eigenvalue weighted by atomic mass is 35.5. The maximum atomic E-state index is 13.3. The van der Waals surface area contributed by atoms with Crippen LogP contribution >= 0.6 is 11.6 Å². The Morgan fingerprint density at radius 3 is 2.62 bits per heavy atom. The van der Waals surface area contributed by atoms with Crippen LogP contribution < -0.4 is 20.5 Å². The Morgan fingerprint density at radius 1 is 1.27 bits per heavy atom. The fraction of sp³-hybridized carbons (Fsp3) is 0.278. The molecule has 0 spiro atoms. The molecule has 3 N–H and O–H groups in total. The number of nitrogens with one attached hydrogen (secondary N) is 1. The molecule has 140 valence electrons. The molecular weight excluding hydrogens is 366 g/mol. The Bertz CT molecular complexity index is 802. The monoisotopic (exact) mass is 384 g/mol. The third kappa shape index (κ3) is 5.06. The number of methoxy groups -OCH3 is 1. The second kappa shape index (κ2) is 8.82. The fourth-order valence-electron chi connectivity index (χ4n) is 2.33. The SMILES string of the molecule is COc1cc(CNC(C)c2ccc(F)c(F)c2)cc(Cl)c1OCC(N)=O. The lowest BCUT2D eigenvalue weighted by atomic mass is 10.1. The van der Waals surface area contributed by atoms with Crippen molar-refractivity contribution < 1.29 is 23.0 Å². The van der Waals surface area contributed by atoms with E-state index in [0.29, 0.717) is 17.9 Å². The van der Waals surface area contributed by atoms with E-state index in [0.717, 1.165) is 17.7 Å². The fourth-order valence-corrected chi connectivity index (χ4v) is 2.62. The predicted octanol–water partition coefficient (Wildman–Crippen LogP) is 3.34. The van der Waals surface area contributed by atoms with Gasteiger partial charge >= 0.3 is 0 Å². The highest BCUT2D eigenvalue weighted by molar-refractivity contribution is 6.32. The van der Waals surface area contributed by atoms with E-state index < -0.39 is 17.5 Å². The van der Waals surface area contributed by atoms with E-state index in [-0.39, 0.29) is 23.4 Å². The van der Waals surface area contributed by atoms with Crippen molar-refractivity contribution in [3.8, 4) is 11.5 Å². The summed E-state index contributed by atoms with van der Waals surface area (Å²) in [5.41, 5.74) is 6.46. The Balaban J connectivity index is 2.10. The van der Waals surface area contributed by atoms with Crippen molar-refractivity contribution in [3.63, 3.8) is 0 Å². The van der Waals surface area contributed by atoms with Crippen LogP contribution in [0.4, 0.5) is 8.78 Å². The van der Waals surface area contributed by atoms with Gasteiger partial charge in [0.15, 0.2) is 29.7 Å². The number of benzene rings is 2. The van der Waals surface area contributed by atoms with Crippen molar-refractivity contribution in [1.82, 2.24) is 5.32 Å². The van der Waals surface area contributed by atoms with Gasteiger partial charge in [0.1, 0.15) is 0 Å². The normalized spacial score (nSPS) is 11.9. The van der Waals surface area contributed by atoms with E-state index >= 15 is 0 Å². The molecule has 0 aromatic heterocycles. The molecule has 0 aliphatic carbocycles. The van der Waals surface area contributed by atoms with Gasteiger partial charge < -0.3 is 20.5 Å². The average molecular weight is 385 g/mol. The van der Waals surface area contributed by atoms with Gasteiger partial charge in [-0.2, -0.15) is 0 Å². The van der Waals surface area contributed by atoms with Gasteiger partial charge in [-0.3, -0.25) is 4.79 Å². The summed E-state index contributed by atoms with van der Waals surface area (Å²) in [6.45, 7) is 1.91. The molecule has 2 aromatic carbocycles. The van der Waals surface area contributed by atoms with Crippen molar-refractivity contribution in [2.75, 3.05) is 13.7 Å². The van der Waals surface area contributed by atoms with Crippen molar-refractivity contribution in [3.05, 3.63) is 58.1 Å². The summed E-state index contributed by atoms with van der Waals surface area (Å²) in [6, 6.07) is 6.90. The van der Waals surface area contributed by atoms with Crippen LogP contribution in [0.1, 0.15) is 24.1 Å². The van der Waals surface area contributed by atoms with E-state index in [1.807, 2.05) is 6.92 Å². The molecule has 26 heavy (non-hydrogen) atoms. The first kappa shape index (κ1) is 19.9. The van der Waals surface area contributed by atoms with Gasteiger partial charge in [0.25, 0.3) is 5.91 Å². The molecule has 1 amide bonds. The van der Waals surface area contributed by atoms with Gasteiger partial charge in [-0.15, -0.1) is 0 Å². The van der Waals surface area contributed by atoms with Crippen LogP contribution in [0.3, 0.4) is 0 Å². The summed E-state index contributed by atoms with van der Waals surface area (Å²) >= 11 is 6.19. The molecule has 0 saturated carbocycles. The van der Waals surface area contributed by atoms with E-state index in [9.17, 15) is 13.6 Å². The molecule has 2 rings (SSSR count). The largest absolute Gasteiger partial charge is 0.493 e. The Kier molecular flexibility index (Phi) is 6.76. The van der Waals surface area contributed by atoms with Crippen LogP contribution in [-0.2, 0) is 11.3 Å². The highest BCUT2D eigenvalue weighted by Crippen LogP contribution is 2.36. The Morgan fingerprint density at radius 2 is 2.00 bits per heavy atom. The van der Waals surface area contributed by atoms with Crippen LogP contribution in [0.2, 0.25) is 5.02 Å². The van der Waals surface area contributed by atoms with Crippen LogP contribution in [-0.4, -0.2) is 19.6 Å². The molecule has 0 fully saturated rings. The second-order valence-electron chi connectivity index (χ2n) is 5.64. The van der Waals surface area contributed by atoms with Gasteiger partial charge in [-0.25, -0.2) is 8.78 Å². The number of carbonyl (C=O) groups is 1. The van der Waals surface area contributed by atoms with Crippen LogP contribution in [0, 0.1) is 11.6 Å². The third-order valence-corrected chi connectivity index (χ3v) is 3.98. The maximum Gasteiger partial charge on any atom is 0.255 e. The number of ether oxygens (including phenoxy) is 2. The number of hydrogen-bond acceptors (Lipinski definition) is 4. The second-order valence-corrected chi connectivity index (χ2v) is 6.05. The number of carbonyl (C=O) groups excluding carboxylic acids is 1. The zero-order chi connectivity index (χ0) is 19.3. The molecular formula is C18H19ClF2N2O3. The van der Waals surface area contributed by atoms with Gasteiger partial charge in [-0.05, 0) is 42.3 Å². The molecule has 2 aromatic rings. The zero-order valence-corrected chi connectivity index (χ0v) is 15.1. The first-order chi connectivity index (χ1) is 12.3. The van der Waals surface area contributed by atoms with Gasteiger partial charge in [0, 0.05) is 12.6 Å². The van der Waals surface area contributed by atoms with Crippen molar-refractivity contribution in [2.24, 2.45) is 5.73 Å². The molecule has 1 atom stereocenters. The molecule has 1 unspecified atom stereocenters. The van der Waals surface area contributed by atoms with Gasteiger partial charge in [-0.1, -0.05) is 17.7 Å². The molecule has 0 heterocycles. The maximum absolute atomic E-state index is 13.3. The van der Waals surface area contributed by atoms with Gasteiger partial charge in [0.2, 0.25) is 0 Å². The summed E-state index contributed by atoms with van der Waals surface area (Å²) in [5.74, 6) is -1.82. The van der Waals surface area contributed by atoms with E-state index in [1.54, 1.807) is 12.1 Å². The number of primary amides is 1. The molecule has 5 nitrogen and oxygen atoms in total. The predicted molar refractivity (Wildman–Crippen MR) is 94.3 cm³/mol. The van der Waals surface area contributed by atoms with E-state index in [2.05, 4.69) is 5.32 Å². The summed E-state index contributed by atoms with van der Waals surface area (Å²) in [6.07, 6.45) is 0. The van der Waals surface area contributed by atoms with Crippen molar-refractivity contribution >= 4 is 17.5 Å². The molecule has 0 aliphatic rings. The number of amides is 1. The number of halogens is 3. The van der Waals surface area contributed by atoms with E-state index in [1.165, 1.54) is 13.2 Å². The lowest BCUT2D eigenvalue weighted by Gasteiger charge is -2.17. The lowest BCUT2D eigenvalue weighted by molar-refractivity contribution is -0.119. The summed E-state index contributed by atoms with van der Waals surface area (Å²) in [5, 5.41) is 3.46. The van der Waals surface area contributed by atoms with Crippen LogP contribution in [0.5, 0.6) is 11.5 Å². The standard InChI is InChI=1S/C18H19ClF2N2O3/c1-10(12-3-4-14(20)15(21)7-12)23-8-11-5-13(19)18(16(6-11)25-2)26-9-17(22)24/h3-7,10,23H,8-9H2,1-2H3,(H2,22,24). The summed E-state index contributed by atoms with van der Waals surface area (Å²) < 4.78 is 36.9. The first-order valence-electron chi connectivity index (χ1n) is 7.77. The minimum atomic E-state index is -0.892. The molecule has 0 aliphatic heterocycles. The molecule has 8 heteroatoms. The Labute approximate surface area is 155 Å². The Hall–Kier alpha value is -2.38. The molecule has 0 radical (unpaired) electrons. The molecule has 0 saturated heterocycles. The summed E-state index contributed by atoms with van der Waals surface area (Å²) in [4.78, 5) is 10.9.